The van der Waals surface area contributed by atoms with Gasteiger partial charge < -0.3 is 14.9 Å². The van der Waals surface area contributed by atoms with Crippen LogP contribution in [0.15, 0.2) is 29.4 Å². The summed E-state index contributed by atoms with van der Waals surface area (Å²) in [5.74, 6) is -0.0894. The molecule has 0 aliphatic carbocycles. The number of hydrogen-bond acceptors (Lipinski definition) is 6. The Morgan fingerprint density at radius 3 is 2.90 bits per heavy atom. The number of nitrogens with zero attached hydrogens (tertiary/aromatic N) is 3. The van der Waals surface area contributed by atoms with Gasteiger partial charge in [0.05, 0.1) is 24.0 Å². The van der Waals surface area contributed by atoms with E-state index < -0.39 is 4.92 Å². The molecule has 1 saturated heterocycles. The van der Waals surface area contributed by atoms with Crippen LogP contribution in [-0.4, -0.2) is 48.5 Å². The predicted octanol–water partition coefficient (Wildman–Crippen LogP) is 1.33. The van der Waals surface area contributed by atoms with Gasteiger partial charge in [0.1, 0.15) is 6.54 Å². The van der Waals surface area contributed by atoms with Crippen LogP contribution in [0, 0.1) is 17.0 Å². The zero-order valence-corrected chi connectivity index (χ0v) is 11.4. The minimum Gasteiger partial charge on any atom is -0.379 e. The smallest absolute Gasteiger partial charge is 0.377 e. The molecule has 1 aromatic rings. The second kappa shape index (κ2) is 6.97. The fourth-order valence-corrected chi connectivity index (χ4v) is 1.94. The van der Waals surface area contributed by atoms with Gasteiger partial charge in [-0.05, 0) is 29.5 Å². The fraction of sp³-hybridized carbons (Fsp3) is 0.462. The summed E-state index contributed by atoms with van der Waals surface area (Å²) in [6.07, 6.45) is 0. The fourth-order valence-electron chi connectivity index (χ4n) is 1.94. The summed E-state index contributed by atoms with van der Waals surface area (Å²) in [5.41, 5.74) is 4.56. The largest absolute Gasteiger partial charge is 0.379 e. The highest BCUT2D eigenvalue weighted by Crippen LogP contribution is 2.09. The molecule has 1 N–H and O–H groups in total. The molecule has 1 aliphatic rings. The van der Waals surface area contributed by atoms with Crippen LogP contribution < -0.4 is 5.43 Å². The number of hydrazone groups is 1. The zero-order chi connectivity index (χ0) is 14.4. The van der Waals surface area contributed by atoms with Crippen molar-refractivity contribution in [2.75, 3.05) is 38.3 Å². The molecular weight excluding hydrogens is 260 g/mol. The summed E-state index contributed by atoms with van der Waals surface area (Å²) >= 11 is 0. The van der Waals surface area contributed by atoms with E-state index in [1.165, 1.54) is 0 Å². The van der Waals surface area contributed by atoms with Crippen molar-refractivity contribution in [3.05, 3.63) is 39.9 Å². The van der Waals surface area contributed by atoms with Crippen LogP contribution in [0.3, 0.4) is 0 Å². The lowest BCUT2D eigenvalue weighted by atomic mass is 10.2. The monoisotopic (exact) mass is 278 g/mol. The molecule has 0 saturated carbocycles. The molecule has 20 heavy (non-hydrogen) atoms. The molecule has 1 fully saturated rings. The molecule has 0 spiro atoms. The number of morpholine rings is 1. The summed E-state index contributed by atoms with van der Waals surface area (Å²) in [7, 11) is 0. The number of nitro groups is 1. The number of amidine groups is 1. The standard InChI is InChI=1S/C13H18N4O3/c1-11-3-2-4-12(9-11)14-15-13(17(18)19)10-16-5-7-20-8-6-16/h2-4,9,14H,5-8,10H2,1H3. The molecule has 0 unspecified atom stereocenters. The topological polar surface area (TPSA) is 80.0 Å². The van der Waals surface area contributed by atoms with Gasteiger partial charge in [0.2, 0.25) is 0 Å². The first-order chi connectivity index (χ1) is 9.65. The number of benzene rings is 1. The Morgan fingerprint density at radius 2 is 2.25 bits per heavy atom. The van der Waals surface area contributed by atoms with Crippen LogP contribution in [0.25, 0.3) is 0 Å². The first kappa shape index (κ1) is 14.4. The quantitative estimate of drug-likeness (QED) is 0.389. The van der Waals surface area contributed by atoms with Crippen molar-refractivity contribution in [3.63, 3.8) is 0 Å². The Morgan fingerprint density at radius 1 is 1.50 bits per heavy atom. The van der Waals surface area contributed by atoms with E-state index in [-0.39, 0.29) is 12.4 Å². The molecule has 0 atom stereocenters. The van der Waals surface area contributed by atoms with Crippen molar-refractivity contribution in [1.82, 2.24) is 4.90 Å². The molecule has 1 aromatic carbocycles. The molecule has 2 rings (SSSR count). The Kier molecular flexibility index (Phi) is 5.03. The maximum atomic E-state index is 11.0. The molecule has 1 heterocycles. The first-order valence-corrected chi connectivity index (χ1v) is 6.49. The van der Waals surface area contributed by atoms with Gasteiger partial charge >= 0.3 is 5.84 Å². The Hall–Kier alpha value is -1.99. The van der Waals surface area contributed by atoms with Crippen molar-refractivity contribution >= 4 is 11.5 Å². The number of nitrogens with one attached hydrogen (secondary N) is 1. The third kappa shape index (κ3) is 4.29. The van der Waals surface area contributed by atoms with Gasteiger partial charge in [-0.15, -0.1) is 0 Å². The molecular formula is C13H18N4O3. The summed E-state index contributed by atoms with van der Waals surface area (Å²) in [6, 6.07) is 7.54. The SMILES string of the molecule is Cc1cccc(NN=C(CN2CCOCC2)[N+](=O)[O-])c1. The molecule has 7 nitrogen and oxygen atoms in total. The van der Waals surface area contributed by atoms with Gasteiger partial charge in [-0.3, -0.25) is 4.90 Å². The van der Waals surface area contributed by atoms with Crippen molar-refractivity contribution < 1.29 is 9.66 Å². The summed E-state index contributed by atoms with van der Waals surface area (Å²) < 4.78 is 5.22. The molecule has 0 aromatic heterocycles. The summed E-state index contributed by atoms with van der Waals surface area (Å²) in [6.45, 7) is 4.77. The lowest BCUT2D eigenvalue weighted by molar-refractivity contribution is -0.353. The maximum Gasteiger partial charge on any atom is 0.377 e. The third-order valence-electron chi connectivity index (χ3n) is 3.01. The molecule has 7 heteroatoms. The molecule has 0 amide bonds. The summed E-state index contributed by atoms with van der Waals surface area (Å²) in [4.78, 5) is 12.6. The predicted molar refractivity (Wildman–Crippen MR) is 76.5 cm³/mol. The van der Waals surface area contributed by atoms with Gasteiger partial charge in [0.25, 0.3) is 0 Å². The van der Waals surface area contributed by atoms with E-state index in [0.717, 1.165) is 11.3 Å². The minimum atomic E-state index is -0.446. The van der Waals surface area contributed by atoms with E-state index >= 15 is 0 Å². The number of rotatable bonds is 4. The van der Waals surface area contributed by atoms with Crippen molar-refractivity contribution in [2.45, 2.75) is 6.92 Å². The number of hydrogen-bond donors (Lipinski definition) is 1. The van der Waals surface area contributed by atoms with Crippen LogP contribution in [0.5, 0.6) is 0 Å². The average molecular weight is 278 g/mol. The minimum absolute atomic E-state index is 0.0894. The summed E-state index contributed by atoms with van der Waals surface area (Å²) in [5, 5.41) is 15.0. The highest BCUT2D eigenvalue weighted by atomic mass is 16.6. The van der Waals surface area contributed by atoms with Crippen LogP contribution in [0.2, 0.25) is 0 Å². The third-order valence-corrected chi connectivity index (χ3v) is 3.01. The van der Waals surface area contributed by atoms with E-state index in [1.54, 1.807) is 0 Å². The van der Waals surface area contributed by atoms with Crippen LogP contribution in [-0.2, 0) is 4.74 Å². The van der Waals surface area contributed by atoms with Crippen LogP contribution in [0.1, 0.15) is 5.56 Å². The number of aryl methyl sites for hydroxylation is 1. The zero-order valence-electron chi connectivity index (χ0n) is 11.4. The van der Waals surface area contributed by atoms with Crippen molar-refractivity contribution in [3.8, 4) is 0 Å². The van der Waals surface area contributed by atoms with E-state index in [4.69, 9.17) is 4.74 Å². The lowest BCUT2D eigenvalue weighted by Crippen LogP contribution is -2.41. The van der Waals surface area contributed by atoms with Gasteiger partial charge in [-0.1, -0.05) is 12.1 Å². The van der Waals surface area contributed by atoms with Gasteiger partial charge in [-0.2, -0.15) is 5.43 Å². The molecule has 108 valence electrons. The van der Waals surface area contributed by atoms with E-state index in [1.807, 2.05) is 36.1 Å². The molecule has 0 bridgehead atoms. The van der Waals surface area contributed by atoms with Crippen LogP contribution in [0.4, 0.5) is 5.69 Å². The number of anilines is 1. The van der Waals surface area contributed by atoms with Gasteiger partial charge in [0.15, 0.2) is 0 Å². The first-order valence-electron chi connectivity index (χ1n) is 6.49. The molecule has 0 radical (unpaired) electrons. The second-order valence-electron chi connectivity index (χ2n) is 4.65. The van der Waals surface area contributed by atoms with Gasteiger partial charge in [-0.25, -0.2) is 0 Å². The maximum absolute atomic E-state index is 11.0. The average Bonchev–Trinajstić information content (AvgIpc) is 2.44. The normalized spacial score (nSPS) is 16.9. The second-order valence-corrected chi connectivity index (χ2v) is 4.65. The van der Waals surface area contributed by atoms with Gasteiger partial charge in [0, 0.05) is 13.1 Å². The van der Waals surface area contributed by atoms with Crippen molar-refractivity contribution in [2.24, 2.45) is 5.10 Å². The Labute approximate surface area is 117 Å². The highest BCUT2D eigenvalue weighted by molar-refractivity contribution is 5.77. The van der Waals surface area contributed by atoms with E-state index in [9.17, 15) is 10.1 Å². The Balaban J connectivity index is 2.00. The van der Waals surface area contributed by atoms with E-state index in [0.29, 0.717) is 26.3 Å². The lowest BCUT2D eigenvalue weighted by Gasteiger charge is -2.24. The van der Waals surface area contributed by atoms with Crippen molar-refractivity contribution in [1.29, 1.82) is 0 Å². The van der Waals surface area contributed by atoms with E-state index in [2.05, 4.69) is 10.5 Å². The van der Waals surface area contributed by atoms with Crippen LogP contribution >= 0.6 is 0 Å². The Bertz CT molecular complexity index is 498. The highest BCUT2D eigenvalue weighted by Gasteiger charge is 2.20. The number of ether oxygens (including phenoxy) is 1. The molecule has 1 aliphatic heterocycles.